The summed E-state index contributed by atoms with van der Waals surface area (Å²) < 4.78 is 103. The third-order valence-electron chi connectivity index (χ3n) is 9.33. The number of carbonyl (C=O) groups excluding carboxylic acids is 2. The van der Waals surface area contributed by atoms with E-state index >= 15 is 0 Å². The van der Waals surface area contributed by atoms with Crippen molar-refractivity contribution < 1.29 is 45.1 Å². The maximum Gasteiger partial charge on any atom is 0.393 e. The SMILES string of the molecule is O=C(N[C@H](c1cn2nc(C[C@H]3C[C@@H](C(F)(F)F)CNC3=O)c(C3CCOCC3)nc2n1)C1CCC(F)(F)CC1)c1ccnn1C(F)F. The Kier molecular flexibility index (Phi) is 9.15. The van der Waals surface area contributed by atoms with Gasteiger partial charge in [0, 0.05) is 57.1 Å². The number of rotatable bonds is 8. The van der Waals surface area contributed by atoms with E-state index < -0.39 is 85.8 Å². The van der Waals surface area contributed by atoms with Gasteiger partial charge in [-0.2, -0.15) is 36.8 Å². The number of imidazole rings is 1. The molecule has 11 nitrogen and oxygen atoms in total. The molecular weight excluding hydrogens is 641 g/mol. The molecule has 18 heteroatoms. The lowest BCUT2D eigenvalue weighted by Gasteiger charge is -2.33. The van der Waals surface area contributed by atoms with Gasteiger partial charge in [0.1, 0.15) is 5.69 Å². The maximum atomic E-state index is 14.1. The standard InChI is InChI=1S/C29H33F7N8O3/c30-26(31)44-21(3-8-38-44)25(46)40-23(15-1-6-28(32,33)7-2-15)20-14-43-27(39-20)41-22(16-4-9-47-10-5-16)19(42-43)12-17-11-18(29(34,35)36)13-37-24(17)45/h3,8,14-18,23,26H,1-2,4-7,9-13H2,(H,37,45)(H,40,46)/t17-,18-,23+/m1/s1. The van der Waals surface area contributed by atoms with Gasteiger partial charge in [0.2, 0.25) is 11.8 Å². The van der Waals surface area contributed by atoms with Crippen LogP contribution in [0.3, 0.4) is 0 Å². The van der Waals surface area contributed by atoms with E-state index in [4.69, 9.17) is 9.72 Å². The topological polar surface area (TPSA) is 128 Å². The van der Waals surface area contributed by atoms with Gasteiger partial charge >= 0.3 is 12.7 Å². The molecule has 0 unspecified atom stereocenters. The highest BCUT2D eigenvalue weighted by atomic mass is 19.4. The second kappa shape index (κ2) is 13.0. The molecule has 2 saturated heterocycles. The van der Waals surface area contributed by atoms with Crippen LogP contribution in [0, 0.1) is 17.8 Å². The van der Waals surface area contributed by atoms with Gasteiger partial charge < -0.3 is 15.4 Å². The number of fused-ring (bicyclic) bond motifs is 1. The number of hydrogen-bond acceptors (Lipinski definition) is 7. The van der Waals surface area contributed by atoms with Crippen molar-refractivity contribution in [2.45, 2.75) is 82.0 Å². The molecule has 1 saturated carbocycles. The fraction of sp³-hybridized carbons (Fsp3) is 0.655. The molecule has 3 aromatic rings. The lowest BCUT2D eigenvalue weighted by Crippen LogP contribution is -2.47. The molecule has 47 heavy (non-hydrogen) atoms. The third kappa shape index (κ3) is 7.21. The largest absolute Gasteiger partial charge is 0.393 e. The summed E-state index contributed by atoms with van der Waals surface area (Å²) >= 11 is 0. The minimum absolute atomic E-state index is 0.0104. The molecule has 1 aliphatic carbocycles. The summed E-state index contributed by atoms with van der Waals surface area (Å²) in [4.78, 5) is 35.2. The molecule has 2 aliphatic heterocycles. The molecule has 0 spiro atoms. The Labute approximate surface area is 263 Å². The zero-order valence-electron chi connectivity index (χ0n) is 25.0. The second-order valence-electron chi connectivity index (χ2n) is 12.4. The van der Waals surface area contributed by atoms with Crippen molar-refractivity contribution in [3.05, 3.63) is 41.2 Å². The first-order valence-electron chi connectivity index (χ1n) is 15.5. The van der Waals surface area contributed by atoms with Crippen LogP contribution >= 0.6 is 0 Å². The van der Waals surface area contributed by atoms with Crippen molar-refractivity contribution in [2.75, 3.05) is 19.8 Å². The first-order chi connectivity index (χ1) is 22.3. The number of ether oxygens (including phenoxy) is 1. The molecule has 3 atom stereocenters. The van der Waals surface area contributed by atoms with E-state index in [2.05, 4.69) is 25.8 Å². The van der Waals surface area contributed by atoms with Gasteiger partial charge in [-0.3, -0.25) is 9.59 Å². The van der Waals surface area contributed by atoms with Gasteiger partial charge in [0.25, 0.3) is 11.7 Å². The molecule has 0 bridgehead atoms. The summed E-state index contributed by atoms with van der Waals surface area (Å²) in [5.41, 5.74) is 0.547. The van der Waals surface area contributed by atoms with Crippen LogP contribution in [-0.4, -0.2) is 73.0 Å². The molecule has 2 amide bonds. The number of hydrogen-bond donors (Lipinski definition) is 2. The Balaban J connectivity index is 1.36. The average Bonchev–Trinajstić information content (AvgIpc) is 3.68. The molecular formula is C29H33F7N8O3. The zero-order valence-corrected chi connectivity index (χ0v) is 25.0. The molecule has 256 valence electrons. The first kappa shape index (κ1) is 33.1. The second-order valence-corrected chi connectivity index (χ2v) is 12.4. The average molecular weight is 675 g/mol. The predicted octanol–water partition coefficient (Wildman–Crippen LogP) is 4.76. The number of carbonyl (C=O) groups is 2. The van der Waals surface area contributed by atoms with Crippen molar-refractivity contribution in [3.63, 3.8) is 0 Å². The molecule has 3 aromatic heterocycles. The lowest BCUT2D eigenvalue weighted by atomic mass is 9.81. The normalized spacial score (nSPS) is 23.6. The molecule has 5 heterocycles. The third-order valence-corrected chi connectivity index (χ3v) is 9.33. The first-order valence-corrected chi connectivity index (χ1v) is 15.5. The number of aromatic nitrogens is 6. The van der Waals surface area contributed by atoms with Gasteiger partial charge in [-0.1, -0.05) is 0 Å². The Morgan fingerprint density at radius 2 is 1.85 bits per heavy atom. The van der Waals surface area contributed by atoms with Gasteiger partial charge in [-0.15, -0.1) is 0 Å². The van der Waals surface area contributed by atoms with E-state index in [-0.39, 0.29) is 41.3 Å². The lowest BCUT2D eigenvalue weighted by molar-refractivity contribution is -0.183. The van der Waals surface area contributed by atoms with E-state index in [0.717, 1.165) is 12.3 Å². The van der Waals surface area contributed by atoms with Crippen LogP contribution in [0.5, 0.6) is 0 Å². The van der Waals surface area contributed by atoms with Gasteiger partial charge in [-0.25, -0.2) is 23.3 Å². The number of alkyl halides is 7. The minimum Gasteiger partial charge on any atom is -0.381 e. The summed E-state index contributed by atoms with van der Waals surface area (Å²) in [5.74, 6) is -7.65. The van der Waals surface area contributed by atoms with Gasteiger partial charge in [-0.05, 0) is 44.1 Å². The summed E-state index contributed by atoms with van der Waals surface area (Å²) in [6.07, 6.45) is -2.29. The Hall–Kier alpha value is -3.83. The van der Waals surface area contributed by atoms with E-state index in [1.165, 1.54) is 10.7 Å². The van der Waals surface area contributed by atoms with Crippen LogP contribution in [0.15, 0.2) is 18.5 Å². The Morgan fingerprint density at radius 1 is 1.13 bits per heavy atom. The van der Waals surface area contributed by atoms with Crippen molar-refractivity contribution in [2.24, 2.45) is 17.8 Å². The molecule has 3 aliphatic rings. The fourth-order valence-corrected chi connectivity index (χ4v) is 6.73. The summed E-state index contributed by atoms with van der Waals surface area (Å²) in [6, 6.07) is 0.118. The van der Waals surface area contributed by atoms with E-state index in [1.807, 2.05) is 0 Å². The van der Waals surface area contributed by atoms with E-state index in [0.29, 0.717) is 37.4 Å². The number of nitrogens with one attached hydrogen (secondary N) is 2. The summed E-state index contributed by atoms with van der Waals surface area (Å²) in [5, 5.41) is 13.2. The quantitative estimate of drug-likeness (QED) is 0.330. The van der Waals surface area contributed by atoms with Crippen molar-refractivity contribution >= 4 is 17.6 Å². The van der Waals surface area contributed by atoms with Crippen LogP contribution < -0.4 is 10.6 Å². The van der Waals surface area contributed by atoms with Crippen LogP contribution in [-0.2, 0) is 16.0 Å². The number of piperidine rings is 1. The Bertz CT molecular complexity index is 1590. The molecule has 0 radical (unpaired) electrons. The molecule has 3 fully saturated rings. The molecule has 0 aromatic carbocycles. The maximum absolute atomic E-state index is 14.1. The minimum atomic E-state index is -4.49. The van der Waals surface area contributed by atoms with Gasteiger partial charge in [0.15, 0.2) is 0 Å². The van der Waals surface area contributed by atoms with Gasteiger partial charge in [0.05, 0.1) is 35.2 Å². The van der Waals surface area contributed by atoms with Crippen LogP contribution in [0.2, 0.25) is 0 Å². The zero-order chi connectivity index (χ0) is 33.5. The van der Waals surface area contributed by atoms with Crippen molar-refractivity contribution in [1.29, 1.82) is 0 Å². The van der Waals surface area contributed by atoms with Crippen LogP contribution in [0.25, 0.3) is 5.78 Å². The predicted molar refractivity (Wildman–Crippen MR) is 149 cm³/mol. The smallest absolute Gasteiger partial charge is 0.381 e. The fourth-order valence-electron chi connectivity index (χ4n) is 6.73. The van der Waals surface area contributed by atoms with E-state index in [1.54, 1.807) is 0 Å². The number of nitrogens with zero attached hydrogens (tertiary/aromatic N) is 6. The van der Waals surface area contributed by atoms with Crippen molar-refractivity contribution in [1.82, 2.24) is 40.0 Å². The van der Waals surface area contributed by atoms with Crippen molar-refractivity contribution in [3.8, 4) is 0 Å². The summed E-state index contributed by atoms with van der Waals surface area (Å²) in [6.45, 7) is -2.75. The highest BCUT2D eigenvalue weighted by Crippen LogP contribution is 2.42. The highest BCUT2D eigenvalue weighted by Gasteiger charge is 2.45. The van der Waals surface area contributed by atoms with Crippen LogP contribution in [0.1, 0.15) is 91.0 Å². The van der Waals surface area contributed by atoms with Crippen LogP contribution in [0.4, 0.5) is 30.7 Å². The number of amides is 2. The number of halogens is 7. The monoisotopic (exact) mass is 674 g/mol. The summed E-state index contributed by atoms with van der Waals surface area (Å²) in [7, 11) is 0. The molecule has 2 N–H and O–H groups in total. The Morgan fingerprint density at radius 3 is 2.53 bits per heavy atom. The highest BCUT2D eigenvalue weighted by molar-refractivity contribution is 5.92. The molecule has 6 rings (SSSR count). The van der Waals surface area contributed by atoms with E-state index in [9.17, 15) is 40.3 Å².